The van der Waals surface area contributed by atoms with Gasteiger partial charge in [0, 0.05) is 18.8 Å². The first-order valence-corrected chi connectivity index (χ1v) is 5.95. The van der Waals surface area contributed by atoms with E-state index in [0.29, 0.717) is 0 Å². The molecular weight excluding hydrogens is 218 g/mol. The Morgan fingerprint density at radius 3 is 3.00 bits per heavy atom. The molecule has 2 heterocycles. The zero-order valence-electron chi connectivity index (χ0n) is 9.91. The van der Waals surface area contributed by atoms with Crippen LogP contribution in [0.25, 0.3) is 0 Å². The van der Waals surface area contributed by atoms with Crippen molar-refractivity contribution in [1.29, 1.82) is 0 Å². The number of aliphatic carboxylic acids is 1. The summed E-state index contributed by atoms with van der Waals surface area (Å²) >= 11 is 0. The van der Waals surface area contributed by atoms with Gasteiger partial charge < -0.3 is 10.0 Å². The molecule has 0 aliphatic carbocycles. The highest BCUT2D eigenvalue weighted by atomic mass is 16.4. The minimum atomic E-state index is -0.710. The standard InChI is InChI=1S/C12H17N3O2/c1-9-10(12(16)17)4-2-3-7-15(9)11-5-6-13-8-14-11/h5-6,8-10H,2-4,7H2,1H3,(H,16,17)/t9-,10+/m1/s1. The number of anilines is 1. The van der Waals surface area contributed by atoms with E-state index in [4.69, 9.17) is 0 Å². The van der Waals surface area contributed by atoms with Crippen LogP contribution in [0.15, 0.2) is 18.6 Å². The zero-order valence-corrected chi connectivity index (χ0v) is 9.91. The van der Waals surface area contributed by atoms with Crippen molar-refractivity contribution in [3.8, 4) is 0 Å². The number of carbonyl (C=O) groups is 1. The van der Waals surface area contributed by atoms with Gasteiger partial charge in [-0.3, -0.25) is 4.79 Å². The second-order valence-electron chi connectivity index (χ2n) is 4.44. The molecule has 1 fully saturated rings. The molecule has 2 rings (SSSR count). The summed E-state index contributed by atoms with van der Waals surface area (Å²) in [6.45, 7) is 2.83. The molecule has 2 atom stereocenters. The lowest BCUT2D eigenvalue weighted by atomic mass is 9.96. The molecule has 5 heteroatoms. The third kappa shape index (κ3) is 2.54. The lowest BCUT2D eigenvalue weighted by Crippen LogP contribution is -2.41. The minimum absolute atomic E-state index is 0.0232. The molecule has 0 amide bonds. The monoisotopic (exact) mass is 235 g/mol. The third-order valence-corrected chi connectivity index (χ3v) is 3.42. The number of carboxylic acids is 1. The molecule has 0 unspecified atom stereocenters. The van der Waals surface area contributed by atoms with Crippen molar-refractivity contribution in [3.05, 3.63) is 18.6 Å². The predicted octanol–water partition coefficient (Wildman–Crippen LogP) is 1.56. The van der Waals surface area contributed by atoms with E-state index in [-0.39, 0.29) is 12.0 Å². The number of nitrogens with zero attached hydrogens (tertiary/aromatic N) is 3. The van der Waals surface area contributed by atoms with Crippen molar-refractivity contribution in [2.75, 3.05) is 11.4 Å². The fourth-order valence-corrected chi connectivity index (χ4v) is 2.42. The van der Waals surface area contributed by atoms with Gasteiger partial charge in [0.25, 0.3) is 0 Å². The van der Waals surface area contributed by atoms with Gasteiger partial charge in [0.2, 0.25) is 0 Å². The zero-order chi connectivity index (χ0) is 12.3. The van der Waals surface area contributed by atoms with Crippen LogP contribution in [0.1, 0.15) is 26.2 Å². The maximum atomic E-state index is 11.2. The topological polar surface area (TPSA) is 66.3 Å². The summed E-state index contributed by atoms with van der Waals surface area (Å²) in [6.07, 6.45) is 5.91. The van der Waals surface area contributed by atoms with Gasteiger partial charge in [-0.05, 0) is 25.8 Å². The van der Waals surface area contributed by atoms with Crippen LogP contribution in [0, 0.1) is 5.92 Å². The molecule has 0 bridgehead atoms. The Labute approximate surface area is 100 Å². The molecule has 0 spiro atoms. The van der Waals surface area contributed by atoms with Crippen LogP contribution in [-0.2, 0) is 4.79 Å². The van der Waals surface area contributed by atoms with Gasteiger partial charge in [-0.2, -0.15) is 0 Å². The number of carboxylic acid groups (broad SMARTS) is 1. The van der Waals surface area contributed by atoms with Crippen LogP contribution in [0.3, 0.4) is 0 Å². The molecule has 1 N–H and O–H groups in total. The predicted molar refractivity (Wildman–Crippen MR) is 63.8 cm³/mol. The smallest absolute Gasteiger partial charge is 0.308 e. The summed E-state index contributed by atoms with van der Waals surface area (Å²) in [4.78, 5) is 21.4. The van der Waals surface area contributed by atoms with Gasteiger partial charge in [0.1, 0.15) is 12.1 Å². The van der Waals surface area contributed by atoms with Gasteiger partial charge in [0.05, 0.1) is 5.92 Å². The maximum absolute atomic E-state index is 11.2. The molecule has 0 aromatic carbocycles. The molecule has 1 aromatic rings. The van der Waals surface area contributed by atoms with Crippen molar-refractivity contribution in [2.24, 2.45) is 5.92 Å². The average Bonchev–Trinajstić information content (AvgIpc) is 2.52. The largest absolute Gasteiger partial charge is 0.481 e. The Morgan fingerprint density at radius 1 is 1.53 bits per heavy atom. The molecule has 1 aromatic heterocycles. The number of hydrogen-bond donors (Lipinski definition) is 1. The quantitative estimate of drug-likeness (QED) is 0.842. The Kier molecular flexibility index (Phi) is 3.56. The number of aromatic nitrogens is 2. The van der Waals surface area contributed by atoms with Crippen LogP contribution >= 0.6 is 0 Å². The SMILES string of the molecule is C[C@@H]1[C@@H](C(=O)O)CCCCN1c1ccncn1. The lowest BCUT2D eigenvalue weighted by molar-refractivity contribution is -0.142. The summed E-state index contributed by atoms with van der Waals surface area (Å²) in [5.41, 5.74) is 0. The summed E-state index contributed by atoms with van der Waals surface area (Å²) in [5, 5.41) is 9.24. The van der Waals surface area contributed by atoms with Gasteiger partial charge in [-0.1, -0.05) is 6.42 Å². The molecule has 0 radical (unpaired) electrons. The molecule has 92 valence electrons. The van der Waals surface area contributed by atoms with E-state index >= 15 is 0 Å². The molecule has 5 nitrogen and oxygen atoms in total. The highest BCUT2D eigenvalue weighted by Gasteiger charge is 2.31. The van der Waals surface area contributed by atoms with Crippen LogP contribution < -0.4 is 4.90 Å². The fraction of sp³-hybridized carbons (Fsp3) is 0.583. The summed E-state index contributed by atoms with van der Waals surface area (Å²) < 4.78 is 0. The maximum Gasteiger partial charge on any atom is 0.308 e. The van der Waals surface area contributed by atoms with Crippen LogP contribution in [0.4, 0.5) is 5.82 Å². The normalized spacial score (nSPS) is 25.4. The van der Waals surface area contributed by atoms with Crippen molar-refractivity contribution in [2.45, 2.75) is 32.2 Å². The van der Waals surface area contributed by atoms with Crippen LogP contribution in [0.2, 0.25) is 0 Å². The number of rotatable bonds is 2. The van der Waals surface area contributed by atoms with E-state index in [0.717, 1.165) is 31.6 Å². The van der Waals surface area contributed by atoms with E-state index in [1.54, 1.807) is 6.20 Å². The Morgan fingerprint density at radius 2 is 2.35 bits per heavy atom. The molecule has 17 heavy (non-hydrogen) atoms. The molecule has 1 aliphatic rings. The highest BCUT2D eigenvalue weighted by Crippen LogP contribution is 2.26. The first-order valence-electron chi connectivity index (χ1n) is 5.95. The first kappa shape index (κ1) is 11.8. The summed E-state index contributed by atoms with van der Waals surface area (Å²) in [6, 6.07) is 1.81. The van der Waals surface area contributed by atoms with Crippen molar-refractivity contribution in [3.63, 3.8) is 0 Å². The van der Waals surface area contributed by atoms with Gasteiger partial charge >= 0.3 is 5.97 Å². The second-order valence-corrected chi connectivity index (χ2v) is 4.44. The highest BCUT2D eigenvalue weighted by molar-refractivity contribution is 5.71. The summed E-state index contributed by atoms with van der Waals surface area (Å²) in [7, 11) is 0. The van der Waals surface area contributed by atoms with Crippen molar-refractivity contribution >= 4 is 11.8 Å². The summed E-state index contributed by atoms with van der Waals surface area (Å²) in [5.74, 6) is -0.202. The Hall–Kier alpha value is -1.65. The fourth-order valence-electron chi connectivity index (χ4n) is 2.42. The Bertz CT molecular complexity index is 383. The van der Waals surface area contributed by atoms with Crippen LogP contribution in [0.5, 0.6) is 0 Å². The van der Waals surface area contributed by atoms with Crippen molar-refractivity contribution < 1.29 is 9.90 Å². The lowest BCUT2D eigenvalue weighted by Gasteiger charge is -2.31. The van der Waals surface area contributed by atoms with Gasteiger partial charge in [-0.15, -0.1) is 0 Å². The number of hydrogen-bond acceptors (Lipinski definition) is 4. The van der Waals surface area contributed by atoms with Gasteiger partial charge in [0.15, 0.2) is 0 Å². The Balaban J connectivity index is 2.23. The van der Waals surface area contributed by atoms with Crippen LogP contribution in [-0.4, -0.2) is 33.6 Å². The van der Waals surface area contributed by atoms with Crippen molar-refractivity contribution in [1.82, 2.24) is 9.97 Å². The molecule has 1 saturated heterocycles. The van der Waals surface area contributed by atoms with E-state index in [2.05, 4.69) is 14.9 Å². The van der Waals surface area contributed by atoms with E-state index in [9.17, 15) is 9.90 Å². The molecule has 1 aliphatic heterocycles. The molecular formula is C12H17N3O2. The van der Waals surface area contributed by atoms with E-state index < -0.39 is 5.97 Å². The van der Waals surface area contributed by atoms with Gasteiger partial charge in [-0.25, -0.2) is 9.97 Å². The van der Waals surface area contributed by atoms with E-state index in [1.807, 2.05) is 13.0 Å². The third-order valence-electron chi connectivity index (χ3n) is 3.42. The average molecular weight is 235 g/mol. The minimum Gasteiger partial charge on any atom is -0.481 e. The van der Waals surface area contributed by atoms with E-state index in [1.165, 1.54) is 6.33 Å². The second kappa shape index (κ2) is 5.12. The first-order chi connectivity index (χ1) is 8.20. The molecule has 0 saturated carbocycles.